The molecule has 0 unspecified atom stereocenters. The molecule has 0 saturated heterocycles. The third-order valence-electron chi connectivity index (χ3n) is 2.77. The normalized spacial score (nSPS) is 18.3. The molecule has 1 aliphatic heterocycles. The number of oxime groups is 1. The fourth-order valence-corrected chi connectivity index (χ4v) is 2.26. The molecule has 1 atom stereocenters. The minimum absolute atomic E-state index is 0.142. The summed E-state index contributed by atoms with van der Waals surface area (Å²) in [4.78, 5) is 17.0. The second-order valence-electron chi connectivity index (χ2n) is 4.61. The summed E-state index contributed by atoms with van der Waals surface area (Å²) in [6.45, 7) is 4.55. The number of carbonyl (C=O) groups is 1. The molecule has 1 aliphatic rings. The first-order chi connectivity index (χ1) is 9.06. The Kier molecular flexibility index (Phi) is 4.31. The predicted molar refractivity (Wildman–Crippen MR) is 72.8 cm³/mol. The Balaban J connectivity index is 1.71. The van der Waals surface area contributed by atoms with E-state index in [4.69, 9.17) is 10.6 Å². The molecule has 0 radical (unpaired) electrons. The first-order valence-corrected chi connectivity index (χ1v) is 6.96. The van der Waals surface area contributed by atoms with Crippen LogP contribution in [0.25, 0.3) is 0 Å². The van der Waals surface area contributed by atoms with Gasteiger partial charge in [0.2, 0.25) is 11.2 Å². The number of nitrogens with zero attached hydrogens (tertiary/aromatic N) is 3. The largest absolute Gasteiger partial charge is 0.382 e. The summed E-state index contributed by atoms with van der Waals surface area (Å²) in [5.41, 5.74) is 6.40. The summed E-state index contributed by atoms with van der Waals surface area (Å²) in [6, 6.07) is 0. The second kappa shape index (κ2) is 5.96. The van der Waals surface area contributed by atoms with E-state index < -0.39 is 6.10 Å². The van der Waals surface area contributed by atoms with Crippen molar-refractivity contribution < 1.29 is 9.63 Å². The van der Waals surface area contributed by atoms with Crippen LogP contribution in [0, 0.1) is 5.92 Å². The van der Waals surface area contributed by atoms with Crippen LogP contribution in [-0.4, -0.2) is 34.5 Å². The van der Waals surface area contributed by atoms with Gasteiger partial charge in [-0.25, -0.2) is 0 Å². The topological polar surface area (TPSA) is 102 Å². The Labute approximate surface area is 115 Å². The van der Waals surface area contributed by atoms with Gasteiger partial charge in [-0.3, -0.25) is 4.79 Å². The maximum absolute atomic E-state index is 11.8. The molecule has 0 spiro atoms. The number of carbonyl (C=O) groups excluding carboxylic acids is 1. The quantitative estimate of drug-likeness (QED) is 0.823. The first-order valence-electron chi connectivity index (χ1n) is 6.14. The maximum atomic E-state index is 11.8. The number of hydrogen-bond donors (Lipinski definition) is 2. The van der Waals surface area contributed by atoms with E-state index in [1.165, 1.54) is 11.3 Å². The summed E-state index contributed by atoms with van der Waals surface area (Å²) in [7, 11) is 0. The fraction of sp³-hybridized carbons (Fsp3) is 0.636. The third kappa shape index (κ3) is 3.63. The fourth-order valence-electron chi connectivity index (χ4n) is 1.65. The Bertz CT molecular complexity index is 485. The smallest absolute Gasteiger partial charge is 0.264 e. The molecule has 0 saturated carbocycles. The maximum Gasteiger partial charge on any atom is 0.264 e. The predicted octanol–water partition coefficient (Wildman–Crippen LogP) is 0.580. The molecule has 8 heteroatoms. The summed E-state index contributed by atoms with van der Waals surface area (Å²) < 4.78 is 0. The molecule has 104 valence electrons. The average Bonchev–Trinajstić information content (AvgIpc) is 2.98. The molecule has 0 aromatic carbocycles. The number of aromatic nitrogens is 2. The van der Waals surface area contributed by atoms with Gasteiger partial charge in [-0.05, 0) is 5.92 Å². The lowest BCUT2D eigenvalue weighted by Gasteiger charge is -2.08. The van der Waals surface area contributed by atoms with E-state index in [1.807, 2.05) is 13.8 Å². The van der Waals surface area contributed by atoms with Crippen molar-refractivity contribution in [3.8, 4) is 0 Å². The van der Waals surface area contributed by atoms with E-state index in [-0.39, 0.29) is 5.91 Å². The number of hydrogen-bond acceptors (Lipinski definition) is 7. The van der Waals surface area contributed by atoms with Crippen molar-refractivity contribution in [1.82, 2.24) is 15.5 Å². The lowest BCUT2D eigenvalue weighted by atomic mass is 10.0. The molecular weight excluding hydrogens is 266 g/mol. The molecule has 1 aromatic heterocycles. The van der Waals surface area contributed by atoms with Gasteiger partial charge in [0.15, 0.2) is 0 Å². The van der Waals surface area contributed by atoms with E-state index in [1.54, 1.807) is 0 Å². The van der Waals surface area contributed by atoms with Crippen molar-refractivity contribution in [3.05, 3.63) is 5.01 Å². The molecule has 19 heavy (non-hydrogen) atoms. The van der Waals surface area contributed by atoms with Crippen LogP contribution in [0.3, 0.4) is 0 Å². The van der Waals surface area contributed by atoms with Gasteiger partial charge in [0.1, 0.15) is 5.01 Å². The minimum Gasteiger partial charge on any atom is -0.382 e. The number of rotatable bonds is 5. The molecule has 1 amide bonds. The van der Waals surface area contributed by atoms with Gasteiger partial charge < -0.3 is 15.9 Å². The second-order valence-corrected chi connectivity index (χ2v) is 5.70. The van der Waals surface area contributed by atoms with Crippen LogP contribution < -0.4 is 11.1 Å². The third-order valence-corrected chi connectivity index (χ3v) is 3.58. The molecule has 1 aromatic rings. The minimum atomic E-state index is -0.503. The van der Waals surface area contributed by atoms with Crippen molar-refractivity contribution >= 4 is 28.1 Å². The molecule has 0 bridgehead atoms. The van der Waals surface area contributed by atoms with Crippen molar-refractivity contribution in [3.63, 3.8) is 0 Å². The van der Waals surface area contributed by atoms with Crippen molar-refractivity contribution in [2.75, 3.05) is 12.3 Å². The SMILES string of the molecule is CC(C)C1=NO[C@H](C(=O)NCCc2nnc(N)s2)C1. The number of anilines is 1. The molecular formula is C11H17N5O2S. The van der Waals surface area contributed by atoms with E-state index in [9.17, 15) is 4.79 Å². The van der Waals surface area contributed by atoms with Crippen LogP contribution in [0.1, 0.15) is 25.3 Å². The van der Waals surface area contributed by atoms with E-state index in [2.05, 4.69) is 20.7 Å². The van der Waals surface area contributed by atoms with Crippen molar-refractivity contribution in [2.45, 2.75) is 32.8 Å². The van der Waals surface area contributed by atoms with Gasteiger partial charge in [-0.15, -0.1) is 10.2 Å². The van der Waals surface area contributed by atoms with Crippen molar-refractivity contribution in [2.24, 2.45) is 11.1 Å². The highest BCUT2D eigenvalue weighted by Crippen LogP contribution is 2.16. The highest BCUT2D eigenvalue weighted by Gasteiger charge is 2.28. The molecule has 2 heterocycles. The van der Waals surface area contributed by atoms with Gasteiger partial charge in [-0.1, -0.05) is 30.3 Å². The van der Waals surface area contributed by atoms with Gasteiger partial charge in [-0.2, -0.15) is 0 Å². The molecule has 0 fully saturated rings. The molecule has 0 aliphatic carbocycles. The zero-order valence-electron chi connectivity index (χ0n) is 10.9. The van der Waals surface area contributed by atoms with E-state index in [0.29, 0.717) is 30.4 Å². The van der Waals surface area contributed by atoms with Gasteiger partial charge in [0.25, 0.3) is 5.91 Å². The lowest BCUT2D eigenvalue weighted by molar-refractivity contribution is -0.131. The zero-order valence-corrected chi connectivity index (χ0v) is 11.7. The number of nitrogen functional groups attached to an aromatic ring is 1. The van der Waals surface area contributed by atoms with Gasteiger partial charge in [0, 0.05) is 19.4 Å². The molecule has 3 N–H and O–H groups in total. The van der Waals surface area contributed by atoms with Crippen LogP contribution in [0.5, 0.6) is 0 Å². The number of nitrogens with two attached hydrogens (primary N) is 1. The van der Waals surface area contributed by atoms with E-state index >= 15 is 0 Å². The summed E-state index contributed by atoms with van der Waals surface area (Å²) in [6.07, 6.45) is 0.678. The molecule has 7 nitrogen and oxygen atoms in total. The monoisotopic (exact) mass is 283 g/mol. The highest BCUT2D eigenvalue weighted by atomic mass is 32.1. The van der Waals surface area contributed by atoms with Crippen molar-refractivity contribution in [1.29, 1.82) is 0 Å². The zero-order chi connectivity index (χ0) is 13.8. The Morgan fingerprint density at radius 3 is 2.95 bits per heavy atom. The standard InChI is InChI=1S/C11H17N5O2S/c1-6(2)7-5-8(18-16-7)10(17)13-4-3-9-14-15-11(12)19-9/h6,8H,3-5H2,1-2H3,(H2,12,15)(H,13,17)/t8-/m0/s1. The summed E-state index contributed by atoms with van der Waals surface area (Å²) in [5, 5.41) is 15.6. The number of nitrogens with one attached hydrogen (secondary N) is 1. The van der Waals surface area contributed by atoms with E-state index in [0.717, 1.165) is 10.7 Å². The van der Waals surface area contributed by atoms with Crippen LogP contribution in [0.15, 0.2) is 5.16 Å². The van der Waals surface area contributed by atoms with Crippen LogP contribution in [0.4, 0.5) is 5.13 Å². The average molecular weight is 283 g/mol. The van der Waals surface area contributed by atoms with Gasteiger partial charge in [0.05, 0.1) is 5.71 Å². The summed E-state index contributed by atoms with van der Waals surface area (Å²) in [5.74, 6) is 0.166. The Morgan fingerprint density at radius 1 is 1.58 bits per heavy atom. The lowest BCUT2D eigenvalue weighted by Crippen LogP contribution is -2.36. The van der Waals surface area contributed by atoms with Crippen LogP contribution in [0.2, 0.25) is 0 Å². The molecule has 2 rings (SSSR count). The first kappa shape index (κ1) is 13.7. The van der Waals surface area contributed by atoms with Crippen LogP contribution >= 0.6 is 11.3 Å². The summed E-state index contributed by atoms with van der Waals surface area (Å²) >= 11 is 1.33. The number of amides is 1. The highest BCUT2D eigenvalue weighted by molar-refractivity contribution is 7.15. The van der Waals surface area contributed by atoms with Crippen LogP contribution in [-0.2, 0) is 16.1 Å². The van der Waals surface area contributed by atoms with Gasteiger partial charge >= 0.3 is 0 Å². The Morgan fingerprint density at radius 2 is 2.37 bits per heavy atom. The Hall–Kier alpha value is -1.70.